The van der Waals surface area contributed by atoms with Gasteiger partial charge in [-0.3, -0.25) is 14.6 Å². The molecule has 23 heavy (non-hydrogen) atoms. The van der Waals surface area contributed by atoms with Gasteiger partial charge >= 0.3 is 5.97 Å². The number of methoxy groups -OCH3 is 1. The number of hydrogen-bond donors (Lipinski definition) is 1. The number of hydrogen-bond acceptors (Lipinski definition) is 4. The van der Waals surface area contributed by atoms with Crippen molar-refractivity contribution in [2.24, 2.45) is 0 Å². The molecule has 0 radical (unpaired) electrons. The normalized spacial score (nSPS) is 19.6. The largest absolute Gasteiger partial charge is 0.495 e. The van der Waals surface area contributed by atoms with Crippen molar-refractivity contribution < 1.29 is 14.6 Å². The molecule has 1 aromatic carbocycles. The maximum absolute atomic E-state index is 10.9. The number of likely N-dealkylation sites (tertiary alicyclic amines) is 1. The van der Waals surface area contributed by atoms with E-state index in [0.29, 0.717) is 6.04 Å². The first kappa shape index (κ1) is 18.2. The molecule has 0 saturated carbocycles. The number of carboxylic acids is 1. The summed E-state index contributed by atoms with van der Waals surface area (Å²) in [5, 5.41) is 8.94. The number of carboxylic acid groups (broad SMARTS) is 1. The van der Waals surface area contributed by atoms with E-state index in [4.69, 9.17) is 9.84 Å². The van der Waals surface area contributed by atoms with Crippen LogP contribution in [0.15, 0.2) is 22.7 Å². The molecule has 1 saturated heterocycles. The Kier molecular flexibility index (Phi) is 6.87. The Morgan fingerprint density at radius 3 is 2.91 bits per heavy atom. The van der Waals surface area contributed by atoms with E-state index in [1.54, 1.807) is 7.11 Å². The molecule has 0 amide bonds. The van der Waals surface area contributed by atoms with Crippen molar-refractivity contribution in [3.05, 3.63) is 28.2 Å². The van der Waals surface area contributed by atoms with Crippen LogP contribution < -0.4 is 4.74 Å². The average Bonchev–Trinajstić information content (AvgIpc) is 2.72. The number of aliphatic carboxylic acids is 1. The van der Waals surface area contributed by atoms with Gasteiger partial charge in [-0.1, -0.05) is 12.1 Å². The van der Waals surface area contributed by atoms with E-state index < -0.39 is 5.97 Å². The number of para-hydroxylation sites is 1. The second-order valence-electron chi connectivity index (χ2n) is 6.10. The van der Waals surface area contributed by atoms with Gasteiger partial charge < -0.3 is 9.84 Å². The fourth-order valence-corrected chi connectivity index (χ4v) is 3.80. The highest BCUT2D eigenvalue weighted by atomic mass is 79.9. The highest BCUT2D eigenvalue weighted by molar-refractivity contribution is 9.10. The predicted molar refractivity (Wildman–Crippen MR) is 93.9 cm³/mol. The van der Waals surface area contributed by atoms with Crippen molar-refractivity contribution >= 4 is 21.9 Å². The summed E-state index contributed by atoms with van der Waals surface area (Å²) < 4.78 is 6.48. The highest BCUT2D eigenvalue weighted by Gasteiger charge is 2.22. The van der Waals surface area contributed by atoms with Crippen molar-refractivity contribution in [1.82, 2.24) is 9.80 Å². The van der Waals surface area contributed by atoms with Gasteiger partial charge in [0, 0.05) is 18.2 Å². The van der Waals surface area contributed by atoms with Gasteiger partial charge in [0.1, 0.15) is 5.75 Å². The van der Waals surface area contributed by atoms with E-state index in [1.165, 1.54) is 5.56 Å². The number of nitrogens with zero attached hydrogens (tertiary/aromatic N) is 2. The number of benzene rings is 1. The zero-order valence-corrected chi connectivity index (χ0v) is 15.4. The maximum atomic E-state index is 10.9. The third-order valence-corrected chi connectivity index (χ3v) is 5.07. The Morgan fingerprint density at radius 1 is 1.43 bits per heavy atom. The van der Waals surface area contributed by atoms with E-state index in [1.807, 2.05) is 24.1 Å². The topological polar surface area (TPSA) is 53.0 Å². The summed E-state index contributed by atoms with van der Waals surface area (Å²) in [5.41, 5.74) is 1.18. The van der Waals surface area contributed by atoms with Crippen LogP contribution in [0.2, 0.25) is 0 Å². The van der Waals surface area contributed by atoms with Crippen molar-refractivity contribution in [2.75, 3.05) is 33.8 Å². The summed E-state index contributed by atoms with van der Waals surface area (Å²) in [4.78, 5) is 15.3. The van der Waals surface area contributed by atoms with Crippen LogP contribution >= 0.6 is 15.9 Å². The van der Waals surface area contributed by atoms with Crippen LogP contribution in [0.25, 0.3) is 0 Å². The summed E-state index contributed by atoms with van der Waals surface area (Å²) in [6.45, 7) is 2.99. The quantitative estimate of drug-likeness (QED) is 0.816. The van der Waals surface area contributed by atoms with Gasteiger partial charge in [0.2, 0.25) is 0 Å². The smallest absolute Gasteiger partial charge is 0.317 e. The van der Waals surface area contributed by atoms with Crippen LogP contribution in [0.5, 0.6) is 5.75 Å². The molecule has 1 aliphatic rings. The molecule has 1 aromatic rings. The number of rotatable bonds is 6. The minimum atomic E-state index is -0.757. The van der Waals surface area contributed by atoms with Gasteiger partial charge in [-0.2, -0.15) is 0 Å². The summed E-state index contributed by atoms with van der Waals surface area (Å²) >= 11 is 3.53. The van der Waals surface area contributed by atoms with Crippen LogP contribution in [0.1, 0.15) is 24.8 Å². The molecule has 1 atom stereocenters. The van der Waals surface area contributed by atoms with Gasteiger partial charge in [-0.05, 0) is 61.4 Å². The summed E-state index contributed by atoms with van der Waals surface area (Å²) in [6.07, 6.45) is 3.14. The SMILES string of the molecule is COc1c(Br)cccc1CN1CCCC(N(C)CC(=O)O)CC1. The Morgan fingerprint density at radius 2 is 2.22 bits per heavy atom. The molecule has 1 N–H and O–H groups in total. The standard InChI is InChI=1S/C17H25BrN2O3/c1-19(12-16(21)22)14-6-4-9-20(10-8-14)11-13-5-3-7-15(18)17(13)23-2/h3,5,7,14H,4,6,8-12H2,1-2H3,(H,21,22). The van der Waals surface area contributed by atoms with Crippen molar-refractivity contribution in [3.63, 3.8) is 0 Å². The summed E-state index contributed by atoms with van der Waals surface area (Å²) in [5.74, 6) is 0.142. The molecule has 1 heterocycles. The number of halogens is 1. The molecular formula is C17H25BrN2O3. The van der Waals surface area contributed by atoms with Gasteiger partial charge in [0.05, 0.1) is 18.1 Å². The van der Waals surface area contributed by atoms with E-state index in [-0.39, 0.29) is 6.54 Å². The Hall–Kier alpha value is -1.11. The van der Waals surface area contributed by atoms with E-state index in [0.717, 1.165) is 49.1 Å². The molecule has 0 bridgehead atoms. The number of likely N-dealkylation sites (N-methyl/N-ethyl adjacent to an activating group) is 1. The lowest BCUT2D eigenvalue weighted by Crippen LogP contribution is -2.36. The lowest BCUT2D eigenvalue weighted by atomic mass is 10.1. The molecule has 2 rings (SSSR count). The Balaban J connectivity index is 1.96. The number of carbonyl (C=O) groups is 1. The van der Waals surface area contributed by atoms with Crippen LogP contribution in [0.4, 0.5) is 0 Å². The lowest BCUT2D eigenvalue weighted by Gasteiger charge is -2.26. The van der Waals surface area contributed by atoms with Crippen LogP contribution in [-0.2, 0) is 11.3 Å². The van der Waals surface area contributed by atoms with Crippen LogP contribution in [-0.4, -0.2) is 60.7 Å². The molecular weight excluding hydrogens is 360 g/mol. The molecule has 0 spiro atoms. The Bertz CT molecular complexity index is 539. The zero-order valence-electron chi connectivity index (χ0n) is 13.8. The monoisotopic (exact) mass is 384 g/mol. The minimum absolute atomic E-state index is 0.115. The predicted octanol–water partition coefficient (Wildman–Crippen LogP) is 2.83. The Labute approximate surface area is 146 Å². The molecule has 1 unspecified atom stereocenters. The molecule has 0 aromatic heterocycles. The van der Waals surface area contributed by atoms with Gasteiger partial charge in [-0.15, -0.1) is 0 Å². The van der Waals surface area contributed by atoms with E-state index in [2.05, 4.69) is 26.9 Å². The fourth-order valence-electron chi connectivity index (χ4n) is 3.23. The molecule has 128 valence electrons. The van der Waals surface area contributed by atoms with Crippen molar-refractivity contribution in [2.45, 2.75) is 31.8 Å². The van der Waals surface area contributed by atoms with Gasteiger partial charge in [0.15, 0.2) is 0 Å². The minimum Gasteiger partial charge on any atom is -0.495 e. The van der Waals surface area contributed by atoms with E-state index in [9.17, 15) is 4.79 Å². The molecule has 5 nitrogen and oxygen atoms in total. The second kappa shape index (κ2) is 8.66. The zero-order chi connectivity index (χ0) is 16.8. The summed E-state index contributed by atoms with van der Waals surface area (Å²) in [6, 6.07) is 6.47. The molecule has 1 fully saturated rings. The second-order valence-corrected chi connectivity index (χ2v) is 6.96. The lowest BCUT2D eigenvalue weighted by molar-refractivity contribution is -0.138. The average molecular weight is 385 g/mol. The first-order chi connectivity index (χ1) is 11.0. The van der Waals surface area contributed by atoms with Crippen LogP contribution in [0.3, 0.4) is 0 Å². The highest BCUT2D eigenvalue weighted by Crippen LogP contribution is 2.30. The van der Waals surface area contributed by atoms with Gasteiger partial charge in [-0.25, -0.2) is 0 Å². The van der Waals surface area contributed by atoms with Gasteiger partial charge in [0.25, 0.3) is 0 Å². The number of ether oxygens (including phenoxy) is 1. The molecule has 1 aliphatic heterocycles. The third-order valence-electron chi connectivity index (χ3n) is 4.44. The molecule has 6 heteroatoms. The molecule has 0 aliphatic carbocycles. The maximum Gasteiger partial charge on any atom is 0.317 e. The van der Waals surface area contributed by atoms with Crippen molar-refractivity contribution in [3.8, 4) is 5.75 Å². The van der Waals surface area contributed by atoms with Crippen molar-refractivity contribution in [1.29, 1.82) is 0 Å². The van der Waals surface area contributed by atoms with Crippen LogP contribution in [0, 0.1) is 0 Å². The fraction of sp³-hybridized carbons (Fsp3) is 0.588. The van der Waals surface area contributed by atoms with E-state index >= 15 is 0 Å². The first-order valence-electron chi connectivity index (χ1n) is 7.97. The summed E-state index contributed by atoms with van der Waals surface area (Å²) in [7, 11) is 3.61. The first-order valence-corrected chi connectivity index (χ1v) is 8.76. The third kappa shape index (κ3) is 5.19.